The molecule has 0 unspecified atom stereocenters. The Morgan fingerprint density at radius 2 is 1.89 bits per heavy atom. The molecule has 0 atom stereocenters. The van der Waals surface area contributed by atoms with Crippen molar-refractivity contribution in [1.82, 2.24) is 20.1 Å². The minimum atomic E-state index is -0.431. The minimum Gasteiger partial charge on any atom is -0.332 e. The molecule has 28 heavy (non-hydrogen) atoms. The molecule has 6 nitrogen and oxygen atoms in total. The highest BCUT2D eigenvalue weighted by Crippen LogP contribution is 2.23. The summed E-state index contributed by atoms with van der Waals surface area (Å²) in [4.78, 5) is 17.0. The number of benzene rings is 1. The third-order valence-electron chi connectivity index (χ3n) is 3.99. The Morgan fingerprint density at radius 1 is 1.21 bits per heavy atom. The number of thiocarbonyl (C=S) groups is 1. The number of nitrogens with zero attached hydrogens (tertiary/aromatic N) is 3. The van der Waals surface area contributed by atoms with Gasteiger partial charge in [0.05, 0.1) is 5.02 Å². The first-order valence-corrected chi connectivity index (χ1v) is 9.91. The summed E-state index contributed by atoms with van der Waals surface area (Å²) in [6.45, 7) is 6.01. The van der Waals surface area contributed by atoms with E-state index in [1.165, 1.54) is 4.68 Å². The van der Waals surface area contributed by atoms with Gasteiger partial charge in [-0.25, -0.2) is 9.67 Å². The Labute approximate surface area is 181 Å². The molecule has 0 radical (unpaired) electrons. The number of rotatable bonds is 3. The van der Waals surface area contributed by atoms with Crippen molar-refractivity contribution in [3.05, 3.63) is 68.5 Å². The molecule has 0 aliphatic carbocycles. The lowest BCUT2D eigenvalue weighted by Gasteiger charge is -2.15. The van der Waals surface area contributed by atoms with Gasteiger partial charge in [-0.3, -0.25) is 10.1 Å². The molecule has 2 N–H and O–H groups in total. The van der Waals surface area contributed by atoms with Gasteiger partial charge in [0.2, 0.25) is 0 Å². The van der Waals surface area contributed by atoms with Crippen molar-refractivity contribution >= 4 is 56.5 Å². The first kappa shape index (κ1) is 20.4. The number of aromatic nitrogens is 3. The third-order valence-corrected chi connectivity index (χ3v) is 4.88. The summed E-state index contributed by atoms with van der Waals surface area (Å²) in [6, 6.07) is 9.06. The van der Waals surface area contributed by atoms with Gasteiger partial charge in [0, 0.05) is 18.0 Å². The summed E-state index contributed by atoms with van der Waals surface area (Å²) in [6.07, 6.45) is 1.58. The van der Waals surface area contributed by atoms with E-state index in [1.54, 1.807) is 24.4 Å². The predicted octanol–water partition coefficient (Wildman–Crippen LogP) is 4.74. The Kier molecular flexibility index (Phi) is 6.12. The van der Waals surface area contributed by atoms with E-state index in [0.717, 1.165) is 22.4 Å². The molecule has 0 saturated heterocycles. The van der Waals surface area contributed by atoms with Gasteiger partial charge >= 0.3 is 0 Å². The molecule has 0 saturated carbocycles. The zero-order valence-corrected chi connectivity index (χ0v) is 18.5. The maximum Gasteiger partial charge on any atom is 0.276 e. The van der Waals surface area contributed by atoms with Crippen LogP contribution >= 0.6 is 39.7 Å². The van der Waals surface area contributed by atoms with Crippen LogP contribution in [0.1, 0.15) is 27.2 Å². The maximum atomic E-state index is 12.8. The predicted molar refractivity (Wildman–Crippen MR) is 118 cm³/mol. The van der Waals surface area contributed by atoms with E-state index in [0.29, 0.717) is 15.4 Å². The van der Waals surface area contributed by atoms with Crippen molar-refractivity contribution in [3.63, 3.8) is 0 Å². The lowest BCUT2D eigenvalue weighted by atomic mass is 10.1. The number of hydrogen-bond acceptors (Lipinski definition) is 4. The summed E-state index contributed by atoms with van der Waals surface area (Å²) in [7, 11) is 0. The van der Waals surface area contributed by atoms with Crippen LogP contribution in [0, 0.1) is 20.8 Å². The largest absolute Gasteiger partial charge is 0.332 e. The van der Waals surface area contributed by atoms with Crippen LogP contribution in [0.5, 0.6) is 0 Å². The van der Waals surface area contributed by atoms with Crippen LogP contribution in [-0.4, -0.2) is 25.8 Å². The number of carbonyl (C=O) groups is 1. The molecule has 1 amide bonds. The van der Waals surface area contributed by atoms with E-state index >= 15 is 0 Å². The zero-order valence-electron chi connectivity index (χ0n) is 15.4. The highest BCUT2D eigenvalue weighted by Gasteiger charge is 2.19. The van der Waals surface area contributed by atoms with Gasteiger partial charge in [-0.2, -0.15) is 5.10 Å². The van der Waals surface area contributed by atoms with Gasteiger partial charge in [-0.15, -0.1) is 0 Å². The summed E-state index contributed by atoms with van der Waals surface area (Å²) < 4.78 is 1.84. The van der Waals surface area contributed by atoms with Gasteiger partial charge in [-0.1, -0.05) is 29.3 Å². The Hall–Kier alpha value is -2.29. The topological polar surface area (TPSA) is 71.8 Å². The molecule has 3 aromatic rings. The number of amides is 1. The van der Waals surface area contributed by atoms with Crippen molar-refractivity contribution in [1.29, 1.82) is 0 Å². The maximum absolute atomic E-state index is 12.8. The van der Waals surface area contributed by atoms with Gasteiger partial charge in [0.1, 0.15) is 10.3 Å². The van der Waals surface area contributed by atoms with Crippen LogP contribution < -0.4 is 10.6 Å². The molecule has 0 spiro atoms. The van der Waals surface area contributed by atoms with Crippen LogP contribution in [-0.2, 0) is 0 Å². The Balaban J connectivity index is 1.83. The molecule has 0 aliphatic heterocycles. The fraction of sp³-hybridized carbons (Fsp3) is 0.158. The van der Waals surface area contributed by atoms with Crippen LogP contribution in [0.4, 0.5) is 5.69 Å². The second kappa shape index (κ2) is 8.38. The number of pyridine rings is 1. The van der Waals surface area contributed by atoms with Crippen molar-refractivity contribution in [2.45, 2.75) is 20.8 Å². The highest BCUT2D eigenvalue weighted by atomic mass is 79.9. The van der Waals surface area contributed by atoms with E-state index in [9.17, 15) is 4.79 Å². The molecule has 2 aromatic heterocycles. The Bertz CT molecular complexity index is 1060. The SMILES string of the molecule is Cc1cc(C)c(NC(=S)NC(=O)c2cc(Br)nn2-c2ncccc2Cl)c(C)c1. The monoisotopic (exact) mass is 477 g/mol. The molecule has 0 aliphatic rings. The van der Waals surface area contributed by atoms with Crippen LogP contribution in [0.3, 0.4) is 0 Å². The minimum absolute atomic E-state index is 0.191. The quantitative estimate of drug-likeness (QED) is 0.532. The van der Waals surface area contributed by atoms with E-state index in [2.05, 4.69) is 48.8 Å². The molecule has 9 heteroatoms. The van der Waals surface area contributed by atoms with Gasteiger partial charge in [0.15, 0.2) is 10.9 Å². The molecular weight excluding hydrogens is 462 g/mol. The Morgan fingerprint density at radius 3 is 2.54 bits per heavy atom. The van der Waals surface area contributed by atoms with Crippen molar-refractivity contribution < 1.29 is 4.79 Å². The smallest absolute Gasteiger partial charge is 0.276 e. The number of carbonyl (C=O) groups excluding carboxylic acids is 1. The molecule has 0 fully saturated rings. The lowest BCUT2D eigenvalue weighted by Crippen LogP contribution is -2.35. The van der Waals surface area contributed by atoms with Crippen molar-refractivity contribution in [2.24, 2.45) is 0 Å². The van der Waals surface area contributed by atoms with Gasteiger partial charge < -0.3 is 5.32 Å². The average Bonchev–Trinajstić information content (AvgIpc) is 3.00. The fourth-order valence-electron chi connectivity index (χ4n) is 2.90. The number of anilines is 1. The summed E-state index contributed by atoms with van der Waals surface area (Å²) in [5.74, 6) is -0.0797. The zero-order chi connectivity index (χ0) is 20.4. The molecule has 2 heterocycles. The van der Waals surface area contributed by atoms with E-state index < -0.39 is 5.91 Å². The summed E-state index contributed by atoms with van der Waals surface area (Å²) in [5.41, 5.74) is 4.37. The summed E-state index contributed by atoms with van der Waals surface area (Å²) in [5, 5.41) is 10.6. The van der Waals surface area contributed by atoms with Crippen molar-refractivity contribution in [2.75, 3.05) is 5.32 Å². The van der Waals surface area contributed by atoms with Crippen molar-refractivity contribution in [3.8, 4) is 5.82 Å². The molecular formula is C19H17BrClN5OS. The highest BCUT2D eigenvalue weighted by molar-refractivity contribution is 9.10. The van der Waals surface area contributed by atoms with E-state index in [1.807, 2.05) is 20.8 Å². The number of aryl methyl sites for hydroxylation is 3. The van der Waals surface area contributed by atoms with Crippen LogP contribution in [0.25, 0.3) is 5.82 Å². The second-order valence-electron chi connectivity index (χ2n) is 6.25. The first-order valence-electron chi connectivity index (χ1n) is 8.33. The van der Waals surface area contributed by atoms with Crippen LogP contribution in [0.15, 0.2) is 41.1 Å². The normalized spacial score (nSPS) is 10.6. The lowest BCUT2D eigenvalue weighted by molar-refractivity contribution is 0.0970. The van der Waals surface area contributed by atoms with Gasteiger partial charge in [0.25, 0.3) is 5.91 Å². The number of halogens is 2. The van der Waals surface area contributed by atoms with E-state index in [4.69, 9.17) is 23.8 Å². The standard InChI is InChI=1S/C19H17BrClN5OS/c1-10-7-11(2)16(12(3)8-10)23-19(28)24-18(27)14-9-15(20)25-26(14)17-13(21)5-4-6-22-17/h4-9H,1-3H3,(H2,23,24,27,28). The fourth-order valence-corrected chi connectivity index (χ4v) is 3.67. The average molecular weight is 479 g/mol. The third kappa shape index (κ3) is 4.40. The molecule has 144 valence electrons. The number of hydrogen-bond donors (Lipinski definition) is 2. The first-order chi connectivity index (χ1) is 13.3. The second-order valence-corrected chi connectivity index (χ2v) is 7.88. The molecule has 3 rings (SSSR count). The van der Waals surface area contributed by atoms with Crippen LogP contribution in [0.2, 0.25) is 5.02 Å². The molecule has 1 aromatic carbocycles. The van der Waals surface area contributed by atoms with Gasteiger partial charge in [-0.05, 0) is 72.2 Å². The summed E-state index contributed by atoms with van der Waals surface area (Å²) >= 11 is 14.8. The number of nitrogens with one attached hydrogen (secondary N) is 2. The molecule has 0 bridgehead atoms. The van der Waals surface area contributed by atoms with E-state index in [-0.39, 0.29) is 10.8 Å².